The molecule has 0 aliphatic carbocycles. The first-order valence-electron chi connectivity index (χ1n) is 40.3. The van der Waals surface area contributed by atoms with Crippen LogP contribution < -0.4 is 9.80 Å². The molecule has 0 spiro atoms. The van der Waals surface area contributed by atoms with Crippen molar-refractivity contribution in [2.75, 3.05) is 9.80 Å². The highest BCUT2D eigenvalue weighted by molar-refractivity contribution is 6.25. The highest BCUT2D eigenvalue weighted by Gasteiger charge is 2.40. The van der Waals surface area contributed by atoms with Gasteiger partial charge in [0.25, 0.3) is 0 Å². The Labute approximate surface area is 679 Å². The standard InChI is InChI=1S/C108H70N10/c1-107(2)84-34-12-22-44-95(84)113(96-45-23-13-35-85(96)107)68-49-51-77-80(59-68)81-60-69(50-52-78(81)106-105(77)111-54-55-112-106)114-97-46-24-14-36-86(97)108(3,4)87-53-48-65(58-103(87)114)70-33-25-47-98-104(70)79-32-11-21-43-94(79)118(98)100-62-102(117-92-41-19-9-30-75(92)76-31-10-20-42-93(76)117)83(57-67(100)64-110)82-56-66(63-109)99(115-88-37-15-5-26-71(88)72-27-6-16-38-89(72)115)61-101(82)116-90-39-17-7-28-73(90)74-29-8-18-40-91(74)116/h5-62H,1-4H3. The van der Waals surface area contributed by atoms with Crippen molar-refractivity contribution in [2.24, 2.45) is 0 Å². The molecule has 17 aromatic carbocycles. The molecule has 22 aromatic rings. The maximum Gasteiger partial charge on any atom is 0.101 e. The van der Waals surface area contributed by atoms with Gasteiger partial charge in [-0.1, -0.05) is 246 Å². The molecule has 7 heterocycles. The van der Waals surface area contributed by atoms with E-state index in [1.54, 1.807) is 0 Å². The topological polar surface area (TPSA) is 99.6 Å². The molecule has 5 aromatic heterocycles. The van der Waals surface area contributed by atoms with Gasteiger partial charge in [-0.3, -0.25) is 9.97 Å². The van der Waals surface area contributed by atoms with Gasteiger partial charge in [0, 0.05) is 99.6 Å². The third kappa shape index (κ3) is 9.31. The Bertz CT molecular complexity index is 8060. The molecule has 10 heteroatoms. The minimum absolute atomic E-state index is 0.215. The molecule has 0 N–H and O–H groups in total. The molecule has 0 bridgehead atoms. The van der Waals surface area contributed by atoms with E-state index in [1.165, 1.54) is 33.6 Å². The van der Waals surface area contributed by atoms with E-state index in [1.807, 2.05) is 12.4 Å². The Hall–Kier alpha value is -15.6. The van der Waals surface area contributed by atoms with Crippen molar-refractivity contribution in [2.45, 2.75) is 38.5 Å². The summed E-state index contributed by atoms with van der Waals surface area (Å²) >= 11 is 0. The summed E-state index contributed by atoms with van der Waals surface area (Å²) in [5.41, 5.74) is 28.4. The quantitative estimate of drug-likeness (QED) is 0.141. The molecule has 0 radical (unpaired) electrons. The third-order valence-electron chi connectivity index (χ3n) is 25.9. The van der Waals surface area contributed by atoms with Crippen LogP contribution in [0.1, 0.15) is 61.1 Å². The predicted molar refractivity (Wildman–Crippen MR) is 486 cm³/mol. The van der Waals surface area contributed by atoms with Gasteiger partial charge < -0.3 is 28.1 Å². The minimum atomic E-state index is -0.397. The van der Waals surface area contributed by atoms with E-state index < -0.39 is 5.41 Å². The van der Waals surface area contributed by atoms with Crippen molar-refractivity contribution >= 4 is 154 Å². The van der Waals surface area contributed by atoms with E-state index in [0.29, 0.717) is 16.8 Å². The highest BCUT2D eigenvalue weighted by atomic mass is 15.2. The van der Waals surface area contributed by atoms with Gasteiger partial charge in [-0.25, -0.2) is 0 Å². The molecule has 2 aliphatic heterocycles. The zero-order valence-electron chi connectivity index (χ0n) is 65.0. The minimum Gasteiger partial charge on any atom is -0.310 e. The van der Waals surface area contributed by atoms with Gasteiger partial charge in [0.15, 0.2) is 0 Å². The Morgan fingerprint density at radius 2 is 0.576 bits per heavy atom. The number of rotatable bonds is 8. The summed E-state index contributed by atoms with van der Waals surface area (Å²) < 4.78 is 9.32. The Morgan fingerprint density at radius 1 is 0.246 bits per heavy atom. The summed E-state index contributed by atoms with van der Waals surface area (Å²) in [5.74, 6) is 0. The second kappa shape index (κ2) is 24.9. The molecule has 0 amide bonds. The molecule has 2 aliphatic rings. The smallest absolute Gasteiger partial charge is 0.101 e. The molecular weight excluding hydrogens is 1440 g/mol. The van der Waals surface area contributed by atoms with E-state index in [9.17, 15) is 10.5 Å². The van der Waals surface area contributed by atoms with Crippen LogP contribution in [0.15, 0.2) is 352 Å². The summed E-state index contributed by atoms with van der Waals surface area (Å²) in [5, 5.41) is 37.2. The van der Waals surface area contributed by atoms with Crippen LogP contribution in [0, 0.1) is 22.7 Å². The molecule has 552 valence electrons. The fourth-order valence-corrected chi connectivity index (χ4v) is 20.6. The SMILES string of the molecule is CC1(C)c2ccccc2N(c2ccc3c(c2)c2cc(N4c5ccccc5C(C)(C)c5ccc(-c6cccc7c6c6ccccc6n7-c6cc(-n7c8ccccc8c8ccccc87)c(-c7cc(C#N)c(-n8c9ccccc9c9ccccc98)cc7-n7c8ccccc8c8ccccc87)cc6C#N)cc54)ccc2c2nccnc32)c2ccccc21. The maximum absolute atomic E-state index is 12.3. The molecule has 0 unspecified atom stereocenters. The van der Waals surface area contributed by atoms with Crippen LogP contribution in [0.3, 0.4) is 0 Å². The first kappa shape index (κ1) is 66.9. The number of nitriles is 2. The van der Waals surface area contributed by atoms with Crippen LogP contribution in [-0.4, -0.2) is 28.2 Å². The number of para-hydroxylation sites is 10. The molecule has 0 fully saturated rings. The first-order valence-corrected chi connectivity index (χ1v) is 40.3. The average molecular weight is 1510 g/mol. The lowest BCUT2D eigenvalue weighted by Crippen LogP contribution is -2.30. The van der Waals surface area contributed by atoms with Crippen molar-refractivity contribution in [1.82, 2.24) is 28.2 Å². The second-order valence-corrected chi connectivity index (χ2v) is 32.6. The molecule has 118 heavy (non-hydrogen) atoms. The van der Waals surface area contributed by atoms with Crippen molar-refractivity contribution in [3.8, 4) is 57.1 Å². The van der Waals surface area contributed by atoms with Crippen molar-refractivity contribution in [3.63, 3.8) is 0 Å². The van der Waals surface area contributed by atoms with Gasteiger partial charge in [0.2, 0.25) is 0 Å². The summed E-state index contributed by atoms with van der Waals surface area (Å²) in [4.78, 5) is 15.1. The third-order valence-corrected chi connectivity index (χ3v) is 25.9. The van der Waals surface area contributed by atoms with Crippen LogP contribution in [0.4, 0.5) is 34.1 Å². The van der Waals surface area contributed by atoms with Crippen LogP contribution in [-0.2, 0) is 10.8 Å². The van der Waals surface area contributed by atoms with Gasteiger partial charge in [0.1, 0.15) is 12.1 Å². The van der Waals surface area contributed by atoms with Crippen LogP contribution in [0.5, 0.6) is 0 Å². The average Bonchev–Trinajstić information content (AvgIpc) is 0.926. The number of nitrogens with zero attached hydrogens (tertiary/aromatic N) is 10. The molecule has 24 rings (SSSR count). The van der Waals surface area contributed by atoms with Crippen molar-refractivity contribution in [3.05, 3.63) is 385 Å². The Balaban J connectivity index is 0.732. The highest BCUT2D eigenvalue weighted by Crippen LogP contribution is 2.57. The number of hydrogen-bond acceptors (Lipinski definition) is 6. The maximum atomic E-state index is 12.3. The normalized spacial score (nSPS) is 13.5. The van der Waals surface area contributed by atoms with Gasteiger partial charge >= 0.3 is 0 Å². The summed E-state index contributed by atoms with van der Waals surface area (Å²) in [6, 6.07) is 128. The summed E-state index contributed by atoms with van der Waals surface area (Å²) in [6.07, 6.45) is 3.62. The van der Waals surface area contributed by atoms with Crippen molar-refractivity contribution in [1.29, 1.82) is 10.5 Å². The van der Waals surface area contributed by atoms with E-state index in [0.717, 1.165) is 182 Å². The van der Waals surface area contributed by atoms with Gasteiger partial charge in [-0.2, -0.15) is 10.5 Å². The summed E-state index contributed by atoms with van der Waals surface area (Å²) in [6.45, 7) is 9.39. The lowest BCUT2D eigenvalue weighted by atomic mass is 9.73. The zero-order chi connectivity index (χ0) is 78.6. The Kier molecular flexibility index (Phi) is 14.1. The number of aromatic nitrogens is 6. The lowest BCUT2D eigenvalue weighted by molar-refractivity contribution is 0.632. The molecule has 0 atom stereocenters. The van der Waals surface area contributed by atoms with Gasteiger partial charge in [-0.05, 0) is 165 Å². The number of hydrogen-bond donors (Lipinski definition) is 0. The van der Waals surface area contributed by atoms with Gasteiger partial charge in [-0.15, -0.1) is 0 Å². The van der Waals surface area contributed by atoms with Crippen LogP contribution in [0.2, 0.25) is 0 Å². The van der Waals surface area contributed by atoms with E-state index >= 15 is 0 Å². The van der Waals surface area contributed by atoms with E-state index in [2.05, 4.69) is 408 Å². The number of benzene rings is 17. The monoisotopic (exact) mass is 1510 g/mol. The summed E-state index contributed by atoms with van der Waals surface area (Å²) in [7, 11) is 0. The lowest BCUT2D eigenvalue weighted by Gasteiger charge is -2.42. The largest absolute Gasteiger partial charge is 0.310 e. The fourth-order valence-electron chi connectivity index (χ4n) is 20.6. The number of fused-ring (bicyclic) bond motifs is 22. The van der Waals surface area contributed by atoms with Gasteiger partial charge in [0.05, 0.1) is 112 Å². The van der Waals surface area contributed by atoms with Crippen LogP contribution in [0.25, 0.3) is 165 Å². The van der Waals surface area contributed by atoms with E-state index in [4.69, 9.17) is 9.97 Å². The zero-order valence-corrected chi connectivity index (χ0v) is 65.0. The molecule has 0 saturated carbocycles. The van der Waals surface area contributed by atoms with Crippen LogP contribution >= 0.6 is 0 Å². The predicted octanol–water partition coefficient (Wildman–Crippen LogP) is 27.6. The first-order chi connectivity index (χ1) is 58.0. The van der Waals surface area contributed by atoms with E-state index in [-0.39, 0.29) is 5.41 Å². The molecule has 0 saturated heterocycles. The van der Waals surface area contributed by atoms with Crippen molar-refractivity contribution < 1.29 is 0 Å². The molecule has 10 nitrogen and oxygen atoms in total. The molecular formula is C108H70N10. The Morgan fingerprint density at radius 3 is 0.983 bits per heavy atom. The number of anilines is 6. The second-order valence-electron chi connectivity index (χ2n) is 32.6. The fraction of sp³-hybridized carbons (Fsp3) is 0.0556.